The Morgan fingerprint density at radius 2 is 1.59 bits per heavy atom. The molecule has 156 valence electrons. The third-order valence-electron chi connectivity index (χ3n) is 4.47. The van der Waals surface area contributed by atoms with Gasteiger partial charge in [0.2, 0.25) is 0 Å². The first-order chi connectivity index (χ1) is 13.2. The molecular formula is C20H19BrF3NO2SSe. The van der Waals surface area contributed by atoms with Gasteiger partial charge in [-0.15, -0.1) is 0 Å². The summed E-state index contributed by atoms with van der Waals surface area (Å²) in [5, 5.41) is -4.11. The summed E-state index contributed by atoms with van der Waals surface area (Å²) in [5.74, 6) is 0. The van der Waals surface area contributed by atoms with Crippen LogP contribution in [0.5, 0.6) is 0 Å². The van der Waals surface area contributed by atoms with Crippen molar-refractivity contribution in [1.29, 1.82) is 0 Å². The number of fused-ring (bicyclic) bond motifs is 1. The Hall–Kier alpha value is -1.28. The molecule has 0 radical (unpaired) electrons. The van der Waals surface area contributed by atoms with Gasteiger partial charge in [-0.25, -0.2) is 0 Å². The number of hydrogen-bond donors (Lipinski definition) is 0. The zero-order chi connectivity index (χ0) is 21.8. The number of aromatic nitrogens is 1. The van der Waals surface area contributed by atoms with Crippen molar-refractivity contribution < 1.29 is 21.6 Å². The monoisotopic (exact) mass is 553 g/mol. The molecule has 3 aromatic rings. The predicted molar refractivity (Wildman–Crippen MR) is 114 cm³/mol. The van der Waals surface area contributed by atoms with Gasteiger partial charge in [0.05, 0.1) is 0 Å². The molecule has 9 heteroatoms. The second kappa shape index (κ2) is 7.45. The molecule has 1 heterocycles. The van der Waals surface area contributed by atoms with E-state index < -0.39 is 30.1 Å². The van der Waals surface area contributed by atoms with Crippen LogP contribution in [0.15, 0.2) is 52.0 Å². The van der Waals surface area contributed by atoms with Crippen molar-refractivity contribution in [3.63, 3.8) is 0 Å². The third-order valence-corrected chi connectivity index (χ3v) is 9.55. The number of alkyl halides is 3. The molecule has 0 unspecified atom stereocenters. The van der Waals surface area contributed by atoms with Crippen LogP contribution in [0.1, 0.15) is 31.9 Å². The van der Waals surface area contributed by atoms with Crippen LogP contribution < -0.4 is 4.46 Å². The Morgan fingerprint density at radius 1 is 1.00 bits per heavy atom. The minimum absolute atomic E-state index is 0.0201. The van der Waals surface area contributed by atoms with Gasteiger partial charge in [-0.05, 0) is 0 Å². The van der Waals surface area contributed by atoms with Crippen LogP contribution in [0.4, 0.5) is 13.2 Å². The molecule has 0 amide bonds. The molecular weight excluding hydrogens is 534 g/mol. The van der Waals surface area contributed by atoms with Crippen molar-refractivity contribution >= 4 is 56.3 Å². The molecule has 0 saturated heterocycles. The van der Waals surface area contributed by atoms with Crippen LogP contribution in [-0.2, 0) is 15.4 Å². The van der Waals surface area contributed by atoms with E-state index in [1.807, 2.05) is 27.7 Å². The first-order valence-electron chi connectivity index (χ1n) is 8.64. The van der Waals surface area contributed by atoms with Gasteiger partial charge in [0.1, 0.15) is 0 Å². The number of rotatable bonds is 3. The predicted octanol–water partition coefficient (Wildman–Crippen LogP) is 5.10. The molecule has 0 N–H and O–H groups in total. The van der Waals surface area contributed by atoms with Crippen molar-refractivity contribution in [1.82, 2.24) is 3.97 Å². The average molecular weight is 553 g/mol. The van der Waals surface area contributed by atoms with Crippen LogP contribution in [0, 0.1) is 6.92 Å². The fourth-order valence-corrected chi connectivity index (χ4v) is 7.30. The van der Waals surface area contributed by atoms with Crippen LogP contribution in [0.2, 0.25) is 0 Å². The normalized spacial score (nSPS) is 13.2. The van der Waals surface area contributed by atoms with Gasteiger partial charge in [0.15, 0.2) is 0 Å². The van der Waals surface area contributed by atoms with E-state index in [1.54, 1.807) is 30.3 Å². The van der Waals surface area contributed by atoms with Gasteiger partial charge in [-0.1, -0.05) is 0 Å². The standard InChI is InChI=1S/C20H19BrF3NO2SSe/c1-12-5-8-14(9-6-12)28(26,27)25-16-10-7-13(19(2,3)4)11-15(16)17(18(25)21)29-20(22,23)24/h5-11H,1-4H3. The fraction of sp³-hybridized carbons (Fsp3) is 0.300. The first kappa shape index (κ1) is 22.4. The molecule has 1 aromatic heterocycles. The number of benzene rings is 2. The second-order valence-corrected chi connectivity index (χ2v) is 12.5. The zero-order valence-electron chi connectivity index (χ0n) is 16.1. The van der Waals surface area contributed by atoms with E-state index in [4.69, 9.17) is 0 Å². The molecule has 0 fully saturated rings. The Morgan fingerprint density at radius 3 is 2.10 bits per heavy atom. The Bertz CT molecular complexity index is 1180. The second-order valence-electron chi connectivity index (χ2n) is 7.73. The summed E-state index contributed by atoms with van der Waals surface area (Å²) in [7, 11) is -4.08. The molecule has 2 aromatic carbocycles. The quantitative estimate of drug-likeness (QED) is 0.424. The van der Waals surface area contributed by atoms with E-state index in [0.29, 0.717) is 5.39 Å². The van der Waals surface area contributed by atoms with Crippen LogP contribution in [0.3, 0.4) is 0 Å². The maximum atomic E-state index is 13.3. The van der Waals surface area contributed by atoms with Gasteiger partial charge in [-0.3, -0.25) is 0 Å². The molecule has 3 rings (SSSR count). The Balaban J connectivity index is 2.35. The van der Waals surface area contributed by atoms with E-state index >= 15 is 0 Å². The van der Waals surface area contributed by atoms with E-state index in [1.165, 1.54) is 12.1 Å². The maximum absolute atomic E-state index is 13.3. The van der Waals surface area contributed by atoms with Crippen molar-refractivity contribution in [2.24, 2.45) is 0 Å². The van der Waals surface area contributed by atoms with E-state index in [0.717, 1.165) is 15.1 Å². The topological polar surface area (TPSA) is 39.1 Å². The number of nitrogens with zero attached hydrogens (tertiary/aromatic N) is 1. The summed E-state index contributed by atoms with van der Waals surface area (Å²) in [5.41, 5.74) is 1.66. The van der Waals surface area contributed by atoms with Gasteiger partial charge in [-0.2, -0.15) is 0 Å². The van der Waals surface area contributed by atoms with E-state index in [9.17, 15) is 21.6 Å². The van der Waals surface area contributed by atoms with E-state index in [-0.39, 0.29) is 24.9 Å². The Labute approximate surface area is 182 Å². The minimum atomic E-state index is -4.42. The molecule has 0 bridgehead atoms. The molecule has 0 aliphatic rings. The molecule has 0 atom stereocenters. The first-order valence-corrected chi connectivity index (χ1v) is 12.6. The van der Waals surface area contributed by atoms with Gasteiger partial charge >= 0.3 is 183 Å². The van der Waals surface area contributed by atoms with Crippen molar-refractivity contribution in [3.05, 3.63) is 58.2 Å². The molecule has 29 heavy (non-hydrogen) atoms. The van der Waals surface area contributed by atoms with Crippen LogP contribution in [0.25, 0.3) is 10.9 Å². The summed E-state index contributed by atoms with van der Waals surface area (Å²) >= 11 is 1.26. The Kier molecular flexibility index (Phi) is 5.75. The summed E-state index contributed by atoms with van der Waals surface area (Å²) < 4.78 is 67.4. The van der Waals surface area contributed by atoms with Gasteiger partial charge in [0, 0.05) is 0 Å². The fourth-order valence-electron chi connectivity index (χ4n) is 2.93. The van der Waals surface area contributed by atoms with Crippen LogP contribution in [-0.4, -0.2) is 32.4 Å². The zero-order valence-corrected chi connectivity index (χ0v) is 20.2. The van der Waals surface area contributed by atoms with Gasteiger partial charge < -0.3 is 0 Å². The van der Waals surface area contributed by atoms with Crippen molar-refractivity contribution in [2.45, 2.75) is 43.1 Å². The van der Waals surface area contributed by atoms with Crippen LogP contribution >= 0.6 is 15.9 Å². The molecule has 0 spiro atoms. The molecule has 0 aliphatic carbocycles. The number of halogens is 4. The molecule has 0 aliphatic heterocycles. The van der Waals surface area contributed by atoms with Crippen molar-refractivity contribution in [3.8, 4) is 0 Å². The SMILES string of the molecule is Cc1ccc(S(=O)(=O)n2c(Br)c([Se]C(F)(F)F)c3cc(C(C)(C)C)ccc32)cc1. The summed E-state index contributed by atoms with van der Waals surface area (Å²) in [6, 6.07) is 11.3. The number of hydrogen-bond acceptors (Lipinski definition) is 2. The molecule has 3 nitrogen and oxygen atoms in total. The summed E-state index contributed by atoms with van der Waals surface area (Å²) in [6.07, 6.45) is 0. The van der Waals surface area contributed by atoms with Gasteiger partial charge in [0.25, 0.3) is 0 Å². The summed E-state index contributed by atoms with van der Waals surface area (Å²) in [4.78, 5) is 0.0201. The summed E-state index contributed by atoms with van der Waals surface area (Å²) in [6.45, 7) is 7.70. The third kappa shape index (κ3) is 4.43. The van der Waals surface area contributed by atoms with E-state index in [2.05, 4.69) is 15.9 Å². The molecule has 0 saturated carbocycles. The average Bonchev–Trinajstić information content (AvgIpc) is 2.85. The number of aryl methyl sites for hydroxylation is 1. The van der Waals surface area contributed by atoms with Crippen molar-refractivity contribution in [2.75, 3.05) is 0 Å².